The van der Waals surface area contributed by atoms with Gasteiger partial charge in [-0.1, -0.05) is 30.3 Å². The number of amides is 1. The van der Waals surface area contributed by atoms with Crippen LogP contribution >= 0.6 is 0 Å². The molecule has 3 rings (SSSR count). The summed E-state index contributed by atoms with van der Waals surface area (Å²) in [7, 11) is 2.98. The normalized spacial score (nSPS) is 10.4. The first-order valence-corrected chi connectivity index (χ1v) is 9.76. The highest BCUT2D eigenvalue weighted by atomic mass is 16.6. The number of nitrogens with zero attached hydrogens (tertiary/aromatic N) is 2. The standard InChI is InChI=1S/C24H22N2O6/c1-25(23(27)18-11-13-21(14-12-18)26(29)30)22-6-4-3-5-20(22)16-32-15-17-7-9-19(10-8-17)24(28)31-2/h3-14H,15-16H2,1-2H3. The Morgan fingerprint density at radius 1 is 0.906 bits per heavy atom. The van der Waals surface area contributed by atoms with Gasteiger partial charge in [0.2, 0.25) is 0 Å². The minimum absolute atomic E-state index is 0.0716. The van der Waals surface area contributed by atoms with Crippen LogP contribution in [0.25, 0.3) is 0 Å². The molecule has 164 valence electrons. The maximum atomic E-state index is 12.9. The van der Waals surface area contributed by atoms with Crippen molar-refractivity contribution in [1.29, 1.82) is 0 Å². The summed E-state index contributed by atoms with van der Waals surface area (Å²) in [6.45, 7) is 0.600. The van der Waals surface area contributed by atoms with E-state index in [4.69, 9.17) is 4.74 Å². The molecule has 0 heterocycles. The van der Waals surface area contributed by atoms with Gasteiger partial charge in [-0.2, -0.15) is 0 Å². The van der Waals surface area contributed by atoms with Crippen LogP contribution < -0.4 is 4.90 Å². The highest BCUT2D eigenvalue weighted by Crippen LogP contribution is 2.23. The number of methoxy groups -OCH3 is 1. The second-order valence-corrected chi connectivity index (χ2v) is 6.98. The highest BCUT2D eigenvalue weighted by molar-refractivity contribution is 6.06. The number of carbonyl (C=O) groups excluding carboxylic acids is 2. The molecule has 8 heteroatoms. The molecule has 3 aromatic carbocycles. The summed E-state index contributed by atoms with van der Waals surface area (Å²) < 4.78 is 10.5. The van der Waals surface area contributed by atoms with Gasteiger partial charge in [0.05, 0.1) is 30.8 Å². The fraction of sp³-hybridized carbons (Fsp3) is 0.167. The maximum Gasteiger partial charge on any atom is 0.337 e. The Hall–Kier alpha value is -4.04. The predicted octanol–water partition coefficient (Wildman–Crippen LogP) is 4.37. The van der Waals surface area contributed by atoms with Gasteiger partial charge < -0.3 is 14.4 Å². The van der Waals surface area contributed by atoms with Gasteiger partial charge in [-0.15, -0.1) is 0 Å². The zero-order chi connectivity index (χ0) is 23.1. The fourth-order valence-corrected chi connectivity index (χ4v) is 3.12. The van der Waals surface area contributed by atoms with E-state index in [-0.39, 0.29) is 18.2 Å². The molecular formula is C24H22N2O6. The molecule has 0 aliphatic heterocycles. The highest BCUT2D eigenvalue weighted by Gasteiger charge is 2.17. The molecular weight excluding hydrogens is 412 g/mol. The van der Waals surface area contributed by atoms with E-state index >= 15 is 0 Å². The molecule has 0 spiro atoms. The number of nitro benzene ring substituents is 1. The van der Waals surface area contributed by atoms with Crippen molar-refractivity contribution in [1.82, 2.24) is 0 Å². The first-order valence-electron chi connectivity index (χ1n) is 9.76. The van der Waals surface area contributed by atoms with Gasteiger partial charge in [0.15, 0.2) is 0 Å². The van der Waals surface area contributed by atoms with Crippen LogP contribution in [0.2, 0.25) is 0 Å². The van der Waals surface area contributed by atoms with Gasteiger partial charge in [0.1, 0.15) is 0 Å². The van der Waals surface area contributed by atoms with Crippen LogP contribution in [-0.4, -0.2) is 31.0 Å². The lowest BCUT2D eigenvalue weighted by Gasteiger charge is -2.21. The Bertz CT molecular complexity index is 1110. The maximum absolute atomic E-state index is 12.9. The largest absolute Gasteiger partial charge is 0.465 e. The minimum Gasteiger partial charge on any atom is -0.465 e. The molecule has 3 aromatic rings. The van der Waals surface area contributed by atoms with E-state index in [0.717, 1.165) is 11.1 Å². The number of rotatable bonds is 8. The van der Waals surface area contributed by atoms with Gasteiger partial charge in [-0.25, -0.2) is 4.79 Å². The molecule has 0 radical (unpaired) electrons. The summed E-state index contributed by atoms with van der Waals surface area (Å²) in [6.07, 6.45) is 0. The number of benzene rings is 3. The Balaban J connectivity index is 1.66. The molecule has 0 N–H and O–H groups in total. The van der Waals surface area contributed by atoms with E-state index < -0.39 is 10.9 Å². The zero-order valence-electron chi connectivity index (χ0n) is 17.7. The average Bonchev–Trinajstić information content (AvgIpc) is 2.83. The smallest absolute Gasteiger partial charge is 0.337 e. The SMILES string of the molecule is COC(=O)c1ccc(COCc2ccccc2N(C)C(=O)c2ccc([N+](=O)[O-])cc2)cc1. The summed E-state index contributed by atoms with van der Waals surface area (Å²) in [4.78, 5) is 36.2. The lowest BCUT2D eigenvalue weighted by molar-refractivity contribution is -0.384. The van der Waals surface area contributed by atoms with Crippen molar-refractivity contribution in [2.24, 2.45) is 0 Å². The molecule has 0 aliphatic carbocycles. The van der Waals surface area contributed by atoms with E-state index in [1.54, 1.807) is 31.3 Å². The molecule has 0 aliphatic rings. The van der Waals surface area contributed by atoms with Crippen LogP contribution in [0.15, 0.2) is 72.8 Å². The third-order valence-corrected chi connectivity index (χ3v) is 4.88. The van der Waals surface area contributed by atoms with Crippen molar-refractivity contribution in [3.63, 3.8) is 0 Å². The number of esters is 1. The third kappa shape index (κ3) is 5.35. The topological polar surface area (TPSA) is 99.0 Å². The predicted molar refractivity (Wildman–Crippen MR) is 119 cm³/mol. The van der Waals surface area contributed by atoms with Crippen LogP contribution in [0.1, 0.15) is 31.8 Å². The van der Waals surface area contributed by atoms with E-state index in [2.05, 4.69) is 4.74 Å². The average molecular weight is 434 g/mol. The van der Waals surface area contributed by atoms with Gasteiger partial charge in [-0.05, 0) is 35.9 Å². The van der Waals surface area contributed by atoms with Gasteiger partial charge >= 0.3 is 5.97 Å². The lowest BCUT2D eigenvalue weighted by Crippen LogP contribution is -2.27. The van der Waals surface area contributed by atoms with Crippen molar-refractivity contribution in [2.45, 2.75) is 13.2 Å². The van der Waals surface area contributed by atoms with Crippen molar-refractivity contribution >= 4 is 23.3 Å². The molecule has 1 amide bonds. The van der Waals surface area contributed by atoms with Crippen LogP contribution in [0, 0.1) is 10.1 Å². The van der Waals surface area contributed by atoms with Gasteiger partial charge in [0.25, 0.3) is 11.6 Å². The minimum atomic E-state index is -0.506. The summed E-state index contributed by atoms with van der Waals surface area (Å²) >= 11 is 0. The summed E-state index contributed by atoms with van der Waals surface area (Å²) in [5.74, 6) is -0.683. The lowest BCUT2D eigenvalue weighted by atomic mass is 10.1. The molecule has 0 saturated carbocycles. The number of carbonyl (C=O) groups is 2. The Morgan fingerprint density at radius 3 is 2.16 bits per heavy atom. The molecule has 0 fully saturated rings. The second kappa shape index (κ2) is 10.3. The van der Waals surface area contributed by atoms with Gasteiger partial charge in [0, 0.05) is 36.0 Å². The van der Waals surface area contributed by atoms with E-state index in [9.17, 15) is 19.7 Å². The van der Waals surface area contributed by atoms with Crippen LogP contribution in [-0.2, 0) is 22.7 Å². The van der Waals surface area contributed by atoms with E-state index in [1.165, 1.54) is 36.3 Å². The van der Waals surface area contributed by atoms with Crippen molar-refractivity contribution in [2.75, 3.05) is 19.1 Å². The van der Waals surface area contributed by atoms with Gasteiger partial charge in [-0.3, -0.25) is 14.9 Å². The van der Waals surface area contributed by atoms with E-state index in [1.807, 2.05) is 24.3 Å². The number of para-hydroxylation sites is 1. The molecule has 32 heavy (non-hydrogen) atoms. The Morgan fingerprint density at radius 2 is 1.53 bits per heavy atom. The number of anilines is 1. The molecule has 8 nitrogen and oxygen atoms in total. The molecule has 0 atom stereocenters. The fourth-order valence-electron chi connectivity index (χ4n) is 3.12. The zero-order valence-corrected chi connectivity index (χ0v) is 17.7. The first-order chi connectivity index (χ1) is 15.4. The van der Waals surface area contributed by atoms with Crippen molar-refractivity contribution < 1.29 is 24.0 Å². The monoisotopic (exact) mass is 434 g/mol. The number of hydrogen-bond acceptors (Lipinski definition) is 6. The van der Waals surface area contributed by atoms with Crippen molar-refractivity contribution in [3.05, 3.63) is 105 Å². The molecule has 0 aromatic heterocycles. The van der Waals surface area contributed by atoms with E-state index in [0.29, 0.717) is 23.4 Å². The summed E-state index contributed by atoms with van der Waals surface area (Å²) in [6, 6.07) is 19.8. The summed E-state index contributed by atoms with van der Waals surface area (Å²) in [5, 5.41) is 10.8. The number of nitro groups is 1. The third-order valence-electron chi connectivity index (χ3n) is 4.88. The van der Waals surface area contributed by atoms with Crippen molar-refractivity contribution in [3.8, 4) is 0 Å². The first kappa shape index (κ1) is 22.6. The molecule has 0 bridgehead atoms. The number of ether oxygens (including phenoxy) is 2. The van der Waals surface area contributed by atoms with Crippen LogP contribution in [0.5, 0.6) is 0 Å². The second-order valence-electron chi connectivity index (χ2n) is 6.98. The number of hydrogen-bond donors (Lipinski definition) is 0. The Labute approximate surface area is 185 Å². The quantitative estimate of drug-likeness (QED) is 0.296. The van der Waals surface area contributed by atoms with Crippen LogP contribution in [0.3, 0.4) is 0 Å². The Kier molecular flexibility index (Phi) is 7.30. The number of non-ortho nitro benzene ring substituents is 1. The molecule has 0 unspecified atom stereocenters. The van der Waals surface area contributed by atoms with Crippen LogP contribution in [0.4, 0.5) is 11.4 Å². The molecule has 0 saturated heterocycles. The summed E-state index contributed by atoms with van der Waals surface area (Å²) in [5.41, 5.74) is 3.13.